The van der Waals surface area contributed by atoms with E-state index in [-0.39, 0.29) is 45.8 Å². The smallest absolute Gasteiger partial charge is 0.328 e. The monoisotopic (exact) mass is 420 g/mol. The van der Waals surface area contributed by atoms with Gasteiger partial charge in [-0.1, -0.05) is 37.3 Å². The van der Waals surface area contributed by atoms with Crippen LogP contribution in [0.2, 0.25) is 0 Å². The van der Waals surface area contributed by atoms with Crippen molar-refractivity contribution in [3.8, 4) is 17.2 Å². The van der Waals surface area contributed by atoms with Gasteiger partial charge in [0.1, 0.15) is 34.5 Å². The molecule has 6 nitrogen and oxygen atoms in total. The Bertz CT molecular complexity index is 1140. The first-order chi connectivity index (χ1) is 14.6. The predicted molar refractivity (Wildman–Crippen MR) is 117 cm³/mol. The molecule has 2 aromatic carbocycles. The van der Waals surface area contributed by atoms with Gasteiger partial charge in [-0.05, 0) is 38.5 Å². The van der Waals surface area contributed by atoms with Crippen LogP contribution in [0.4, 0.5) is 0 Å². The average Bonchev–Trinajstić information content (AvgIpc) is 2.70. The van der Waals surface area contributed by atoms with Crippen molar-refractivity contribution in [2.75, 3.05) is 0 Å². The number of aliphatic carboxylic acids is 1. The number of carbonyl (C=O) groups excluding carboxylic acids is 1. The van der Waals surface area contributed by atoms with Crippen molar-refractivity contribution in [2.24, 2.45) is 5.92 Å². The summed E-state index contributed by atoms with van der Waals surface area (Å²) >= 11 is 0. The third-order valence-corrected chi connectivity index (χ3v) is 5.72. The Kier molecular flexibility index (Phi) is 4.88. The zero-order valence-electron chi connectivity index (χ0n) is 17.8. The third kappa shape index (κ3) is 3.48. The summed E-state index contributed by atoms with van der Waals surface area (Å²) in [5.74, 6) is -1.68. The second-order valence-electron chi connectivity index (χ2n) is 8.45. The summed E-state index contributed by atoms with van der Waals surface area (Å²) in [6.45, 7) is 7.26. The highest BCUT2D eigenvalue weighted by Crippen LogP contribution is 2.53. The van der Waals surface area contributed by atoms with Crippen molar-refractivity contribution in [3.05, 3.63) is 64.7 Å². The van der Waals surface area contributed by atoms with Crippen LogP contribution in [0.15, 0.2) is 42.5 Å². The molecule has 2 N–H and O–H groups in total. The molecular weight excluding hydrogens is 396 g/mol. The Morgan fingerprint density at radius 3 is 2.45 bits per heavy atom. The van der Waals surface area contributed by atoms with Gasteiger partial charge in [-0.25, -0.2) is 4.79 Å². The van der Waals surface area contributed by atoms with Crippen LogP contribution in [0.5, 0.6) is 17.2 Å². The van der Waals surface area contributed by atoms with Crippen molar-refractivity contribution < 1.29 is 29.3 Å². The lowest BCUT2D eigenvalue weighted by Gasteiger charge is -2.35. The molecule has 0 amide bonds. The Morgan fingerprint density at radius 1 is 1.13 bits per heavy atom. The van der Waals surface area contributed by atoms with E-state index in [2.05, 4.69) is 0 Å². The zero-order chi connectivity index (χ0) is 22.5. The van der Waals surface area contributed by atoms with Gasteiger partial charge in [0.05, 0.1) is 17.0 Å². The fraction of sp³-hybridized carbons (Fsp3) is 0.280. The van der Waals surface area contributed by atoms with E-state index in [0.717, 1.165) is 6.08 Å². The molecule has 0 aromatic heterocycles. The number of rotatable bonds is 3. The number of fused-ring (bicyclic) bond motifs is 3. The largest absolute Gasteiger partial charge is 0.506 e. The number of carboxylic acid groups (broad SMARTS) is 1. The van der Waals surface area contributed by atoms with Crippen LogP contribution in [0.3, 0.4) is 0 Å². The minimum atomic E-state index is -1.18. The van der Waals surface area contributed by atoms with Gasteiger partial charge in [0.15, 0.2) is 5.78 Å². The number of carboxylic acids is 1. The molecule has 4 rings (SSSR count). The summed E-state index contributed by atoms with van der Waals surface area (Å²) in [4.78, 5) is 24.9. The molecule has 31 heavy (non-hydrogen) atoms. The van der Waals surface area contributed by atoms with Crippen molar-refractivity contribution in [2.45, 2.75) is 39.4 Å². The summed E-state index contributed by atoms with van der Waals surface area (Å²) in [5.41, 5.74) is 0.851. The van der Waals surface area contributed by atoms with Gasteiger partial charge >= 0.3 is 5.97 Å². The lowest BCUT2D eigenvalue weighted by molar-refractivity contribution is -0.131. The summed E-state index contributed by atoms with van der Waals surface area (Å²) < 4.78 is 12.2. The molecule has 6 heteroatoms. The molecule has 0 fully saturated rings. The summed E-state index contributed by atoms with van der Waals surface area (Å²) in [5, 5.41) is 20.9. The number of hydrogen-bond acceptors (Lipinski definition) is 5. The maximum Gasteiger partial charge on any atom is 0.328 e. The van der Waals surface area contributed by atoms with Gasteiger partial charge in [0.2, 0.25) is 0 Å². The average molecular weight is 420 g/mol. The van der Waals surface area contributed by atoms with Gasteiger partial charge in [-0.3, -0.25) is 4.79 Å². The van der Waals surface area contributed by atoms with Crippen LogP contribution < -0.4 is 9.47 Å². The quantitative estimate of drug-likeness (QED) is 0.700. The summed E-state index contributed by atoms with van der Waals surface area (Å²) in [6, 6.07) is 8.85. The van der Waals surface area contributed by atoms with Gasteiger partial charge in [0, 0.05) is 11.6 Å². The predicted octanol–water partition coefficient (Wildman–Crippen LogP) is 4.69. The minimum Gasteiger partial charge on any atom is -0.506 e. The Hall–Kier alpha value is -3.54. The van der Waals surface area contributed by atoms with Gasteiger partial charge < -0.3 is 19.7 Å². The van der Waals surface area contributed by atoms with Crippen LogP contribution in [0, 0.1) is 5.92 Å². The van der Waals surface area contributed by atoms with E-state index in [1.807, 2.05) is 26.0 Å². The Balaban J connectivity index is 2.11. The van der Waals surface area contributed by atoms with Crippen molar-refractivity contribution in [3.63, 3.8) is 0 Å². The van der Waals surface area contributed by atoms with Crippen molar-refractivity contribution in [1.82, 2.24) is 0 Å². The van der Waals surface area contributed by atoms with Crippen LogP contribution in [-0.4, -0.2) is 33.7 Å². The molecule has 0 bridgehead atoms. The fourth-order valence-corrected chi connectivity index (χ4v) is 3.92. The molecular formula is C25H24O6. The van der Waals surface area contributed by atoms with Gasteiger partial charge in [-0.2, -0.15) is 0 Å². The van der Waals surface area contributed by atoms with E-state index in [4.69, 9.17) is 9.47 Å². The van der Waals surface area contributed by atoms with E-state index in [1.165, 1.54) is 0 Å². The lowest BCUT2D eigenvalue weighted by Crippen LogP contribution is -2.35. The maximum absolute atomic E-state index is 13.2. The molecule has 0 radical (unpaired) electrons. The van der Waals surface area contributed by atoms with E-state index >= 15 is 0 Å². The maximum atomic E-state index is 13.2. The van der Waals surface area contributed by atoms with Crippen LogP contribution in [-0.2, 0) is 4.79 Å². The van der Waals surface area contributed by atoms with Crippen LogP contribution >= 0.6 is 0 Å². The molecule has 2 aromatic rings. The number of phenolic OH excluding ortho intramolecular Hbond substituents is 1. The molecule has 2 aliphatic rings. The first-order valence-corrected chi connectivity index (χ1v) is 10.1. The molecule has 0 spiro atoms. The fourth-order valence-electron chi connectivity index (χ4n) is 3.92. The second-order valence-corrected chi connectivity index (χ2v) is 8.45. The Morgan fingerprint density at radius 2 is 1.81 bits per heavy atom. The number of phenols is 1. The third-order valence-electron chi connectivity index (χ3n) is 5.72. The molecule has 160 valence electrons. The molecule has 2 atom stereocenters. The molecule has 2 aliphatic heterocycles. The zero-order valence-corrected chi connectivity index (χ0v) is 17.8. The molecule has 0 aliphatic carbocycles. The summed E-state index contributed by atoms with van der Waals surface area (Å²) in [7, 11) is 0. The van der Waals surface area contributed by atoms with Crippen molar-refractivity contribution in [1.29, 1.82) is 0 Å². The lowest BCUT2D eigenvalue weighted by atomic mass is 9.83. The number of Topliss-reactive ketones (excluding diaryl/α,β-unsaturated/α-hetero) is 1. The first kappa shape index (κ1) is 20.7. The minimum absolute atomic E-state index is 0.0551. The number of hydrogen-bond donors (Lipinski definition) is 2. The highest BCUT2D eigenvalue weighted by atomic mass is 16.5. The van der Waals surface area contributed by atoms with E-state index in [9.17, 15) is 19.8 Å². The highest BCUT2D eigenvalue weighted by Gasteiger charge is 2.40. The Labute approximate surface area is 180 Å². The van der Waals surface area contributed by atoms with E-state index < -0.39 is 17.5 Å². The molecule has 2 heterocycles. The van der Waals surface area contributed by atoms with Crippen LogP contribution in [0.1, 0.15) is 54.7 Å². The molecule has 0 unspecified atom stereocenters. The number of aromatic hydroxyl groups is 1. The van der Waals surface area contributed by atoms with E-state index in [1.54, 1.807) is 44.2 Å². The number of ketones is 1. The first-order valence-electron chi connectivity index (χ1n) is 10.1. The normalized spacial score (nSPS) is 21.5. The highest BCUT2D eigenvalue weighted by molar-refractivity contribution is 6.09. The van der Waals surface area contributed by atoms with Gasteiger partial charge in [0.25, 0.3) is 0 Å². The summed E-state index contributed by atoms with van der Waals surface area (Å²) in [6.07, 6.45) is 4.29. The SMILES string of the molecule is C[C@@H]1Oc2c3c(c(/C(=C\C(=O)O)c4ccccc4)c(O)c2C(=O)[C@@H]1C)OC(C)(C)C=C3. The molecule has 0 saturated carbocycles. The second kappa shape index (κ2) is 7.30. The number of carbonyl (C=O) groups is 2. The number of ether oxygens (including phenoxy) is 2. The topological polar surface area (TPSA) is 93.1 Å². The van der Waals surface area contributed by atoms with Gasteiger partial charge in [-0.15, -0.1) is 0 Å². The molecule has 0 saturated heterocycles. The standard InChI is InChI=1S/C25H24O6/c1-13-14(2)30-23-16-10-11-25(3,4)31-24(16)19(22(29)20(23)21(13)28)17(12-18(26)27)15-8-6-5-7-9-15/h5-14,29H,1-4H3,(H,26,27)/b17-12-/t13-,14+/m1/s1. The number of benzene rings is 2. The van der Waals surface area contributed by atoms with E-state index in [0.29, 0.717) is 11.1 Å². The van der Waals surface area contributed by atoms with Crippen molar-refractivity contribution >= 4 is 23.4 Å². The van der Waals surface area contributed by atoms with Crippen LogP contribution in [0.25, 0.3) is 11.6 Å².